The minimum atomic E-state index is -0.537. The molecule has 174 valence electrons. The van der Waals surface area contributed by atoms with Crippen molar-refractivity contribution >= 4 is 46.8 Å². The summed E-state index contributed by atoms with van der Waals surface area (Å²) >= 11 is 13.8. The Morgan fingerprint density at radius 2 is 1.69 bits per heavy atom. The quantitative estimate of drug-likeness (QED) is 0.405. The smallest absolute Gasteiger partial charge is 0.242 e. The van der Waals surface area contributed by atoms with Gasteiger partial charge in [0.25, 0.3) is 0 Å². The van der Waals surface area contributed by atoms with Crippen LogP contribution in [0.3, 0.4) is 0 Å². The maximum Gasteiger partial charge on any atom is 0.242 e. The highest BCUT2D eigenvalue weighted by atomic mass is 35.5. The van der Waals surface area contributed by atoms with Crippen molar-refractivity contribution in [1.29, 1.82) is 0 Å². The molecular weight excluding hydrogens is 463 g/mol. The van der Waals surface area contributed by atoms with Gasteiger partial charge in [0.15, 0.2) is 0 Å². The zero-order valence-electron chi connectivity index (χ0n) is 19.2. The molecule has 7 heteroatoms. The average Bonchev–Trinajstić information content (AvgIpc) is 2.73. The highest BCUT2D eigenvalue weighted by molar-refractivity contribution is 7.99. The number of nitrogens with zero attached hydrogens (tertiary/aromatic N) is 1. The number of aryl methyl sites for hydroxylation is 2. The molecule has 32 heavy (non-hydrogen) atoms. The lowest BCUT2D eigenvalue weighted by Gasteiger charge is -2.30. The van der Waals surface area contributed by atoms with Gasteiger partial charge in [0.2, 0.25) is 11.8 Å². The van der Waals surface area contributed by atoms with Crippen molar-refractivity contribution < 1.29 is 9.59 Å². The molecule has 2 amide bonds. The second-order valence-electron chi connectivity index (χ2n) is 7.97. The van der Waals surface area contributed by atoms with Gasteiger partial charge in [0.05, 0.1) is 15.8 Å². The fraction of sp³-hybridized carbons (Fsp3) is 0.440. The van der Waals surface area contributed by atoms with Gasteiger partial charge < -0.3 is 10.2 Å². The molecule has 0 bridgehead atoms. The molecule has 0 aliphatic carbocycles. The van der Waals surface area contributed by atoms with Crippen molar-refractivity contribution in [3.63, 3.8) is 0 Å². The summed E-state index contributed by atoms with van der Waals surface area (Å²) < 4.78 is 0. The second-order valence-corrected chi connectivity index (χ2v) is 9.77. The van der Waals surface area contributed by atoms with Gasteiger partial charge in [0, 0.05) is 18.8 Å². The van der Waals surface area contributed by atoms with E-state index in [1.165, 1.54) is 16.7 Å². The third kappa shape index (κ3) is 8.02. The van der Waals surface area contributed by atoms with Gasteiger partial charge in [-0.3, -0.25) is 9.59 Å². The molecule has 0 fully saturated rings. The highest BCUT2D eigenvalue weighted by Crippen LogP contribution is 2.25. The van der Waals surface area contributed by atoms with Gasteiger partial charge in [-0.25, -0.2) is 0 Å². The lowest BCUT2D eigenvalue weighted by Crippen LogP contribution is -2.49. The van der Waals surface area contributed by atoms with Gasteiger partial charge in [-0.1, -0.05) is 72.4 Å². The molecule has 2 rings (SSSR count). The summed E-state index contributed by atoms with van der Waals surface area (Å²) in [4.78, 5) is 27.7. The number of halogens is 2. The maximum absolute atomic E-state index is 13.3. The molecule has 0 radical (unpaired) electrons. The summed E-state index contributed by atoms with van der Waals surface area (Å²) in [6.45, 7) is 8.97. The molecule has 2 aromatic rings. The molecule has 1 unspecified atom stereocenters. The van der Waals surface area contributed by atoms with Crippen molar-refractivity contribution in [3.05, 3.63) is 68.7 Å². The number of thioether (sulfide) groups is 1. The minimum Gasteiger partial charge on any atom is -0.354 e. The van der Waals surface area contributed by atoms with Crippen LogP contribution in [0.4, 0.5) is 0 Å². The Labute approximate surface area is 206 Å². The van der Waals surface area contributed by atoms with Crippen molar-refractivity contribution in [1.82, 2.24) is 10.2 Å². The molecule has 1 atom stereocenters. The lowest BCUT2D eigenvalue weighted by atomic mass is 10.1. The van der Waals surface area contributed by atoms with E-state index in [2.05, 4.69) is 37.4 Å². The minimum absolute atomic E-state index is 0.0658. The topological polar surface area (TPSA) is 49.4 Å². The van der Waals surface area contributed by atoms with Crippen LogP contribution in [0.25, 0.3) is 0 Å². The average molecular weight is 496 g/mol. The van der Waals surface area contributed by atoms with E-state index < -0.39 is 6.04 Å². The first-order chi connectivity index (χ1) is 15.2. The highest BCUT2D eigenvalue weighted by Gasteiger charge is 2.28. The summed E-state index contributed by atoms with van der Waals surface area (Å²) in [7, 11) is 0. The van der Waals surface area contributed by atoms with Crippen molar-refractivity contribution in [2.75, 3.05) is 12.3 Å². The maximum atomic E-state index is 13.3. The second kappa shape index (κ2) is 13.1. The van der Waals surface area contributed by atoms with Crippen molar-refractivity contribution in [2.24, 2.45) is 0 Å². The molecule has 0 saturated heterocycles. The van der Waals surface area contributed by atoms with E-state index in [0.29, 0.717) is 35.3 Å². The van der Waals surface area contributed by atoms with E-state index in [9.17, 15) is 9.59 Å². The lowest BCUT2D eigenvalue weighted by molar-refractivity contribution is -0.139. The van der Waals surface area contributed by atoms with Gasteiger partial charge in [-0.2, -0.15) is 0 Å². The largest absolute Gasteiger partial charge is 0.354 e. The van der Waals surface area contributed by atoms with Crippen LogP contribution in [0, 0.1) is 13.8 Å². The first kappa shape index (κ1) is 26.6. The predicted octanol–water partition coefficient (Wildman–Crippen LogP) is 6.18. The summed E-state index contributed by atoms with van der Waals surface area (Å²) in [5.74, 6) is 0.852. The standard InChI is InChI=1S/C25H32Cl2N2O2S/c1-5-9-28-25(31)23(6-2)29(14-19-7-8-21(26)22(27)13-19)24(30)16-32-15-20-11-17(3)10-18(4)12-20/h7-8,10-13,23H,5-6,9,14-16H2,1-4H3,(H,28,31). The molecule has 0 aliphatic heterocycles. The van der Waals surface area contributed by atoms with E-state index in [0.717, 1.165) is 17.7 Å². The number of nitrogens with one attached hydrogen (secondary N) is 1. The number of carbonyl (C=O) groups excluding carboxylic acids is 2. The zero-order chi connectivity index (χ0) is 23.7. The first-order valence-corrected chi connectivity index (χ1v) is 12.8. The monoisotopic (exact) mass is 494 g/mol. The predicted molar refractivity (Wildman–Crippen MR) is 136 cm³/mol. The Bertz CT molecular complexity index is 916. The van der Waals surface area contributed by atoms with Crippen LogP contribution in [0.1, 0.15) is 48.9 Å². The van der Waals surface area contributed by atoms with Crippen LogP contribution in [-0.4, -0.2) is 35.1 Å². The van der Waals surface area contributed by atoms with E-state index in [4.69, 9.17) is 23.2 Å². The van der Waals surface area contributed by atoms with Gasteiger partial charge in [-0.05, 0) is 49.9 Å². The number of rotatable bonds is 11. The SMILES string of the molecule is CCCNC(=O)C(CC)N(Cc1ccc(Cl)c(Cl)c1)C(=O)CSCc1cc(C)cc(C)c1. The fourth-order valence-corrected chi connectivity index (χ4v) is 4.78. The van der Waals surface area contributed by atoms with Crippen molar-refractivity contribution in [2.45, 2.75) is 58.9 Å². The third-order valence-corrected chi connectivity index (χ3v) is 6.78. The summed E-state index contributed by atoms with van der Waals surface area (Å²) in [6.07, 6.45) is 1.37. The van der Waals surface area contributed by atoms with Crippen LogP contribution in [0.5, 0.6) is 0 Å². The third-order valence-electron chi connectivity index (χ3n) is 5.05. The molecular formula is C25H32Cl2N2O2S. The van der Waals surface area contributed by atoms with E-state index in [1.54, 1.807) is 28.8 Å². The molecule has 0 heterocycles. The molecule has 2 aromatic carbocycles. The number of hydrogen-bond acceptors (Lipinski definition) is 3. The molecule has 0 aromatic heterocycles. The van der Waals surface area contributed by atoms with Crippen LogP contribution in [0.2, 0.25) is 10.0 Å². The molecule has 1 N–H and O–H groups in total. The van der Waals surface area contributed by atoms with Crippen LogP contribution in [0.15, 0.2) is 36.4 Å². The molecule has 0 saturated carbocycles. The van der Waals surface area contributed by atoms with Crippen LogP contribution >= 0.6 is 35.0 Å². The number of benzene rings is 2. The zero-order valence-corrected chi connectivity index (χ0v) is 21.5. The summed E-state index contributed by atoms with van der Waals surface area (Å²) in [5.41, 5.74) is 4.47. The summed E-state index contributed by atoms with van der Waals surface area (Å²) in [6, 6.07) is 11.2. The van der Waals surface area contributed by atoms with E-state index in [-0.39, 0.29) is 11.8 Å². The molecule has 0 aliphatic rings. The Morgan fingerprint density at radius 1 is 1.00 bits per heavy atom. The Kier molecular flexibility index (Phi) is 10.9. The number of carbonyl (C=O) groups is 2. The number of hydrogen-bond donors (Lipinski definition) is 1. The van der Waals surface area contributed by atoms with E-state index >= 15 is 0 Å². The number of amides is 2. The molecule has 0 spiro atoms. The van der Waals surface area contributed by atoms with Crippen LogP contribution in [-0.2, 0) is 21.9 Å². The molecule has 4 nitrogen and oxygen atoms in total. The van der Waals surface area contributed by atoms with Gasteiger partial charge in [0.1, 0.15) is 6.04 Å². The van der Waals surface area contributed by atoms with E-state index in [1.807, 2.05) is 19.9 Å². The van der Waals surface area contributed by atoms with Crippen LogP contribution < -0.4 is 5.32 Å². The van der Waals surface area contributed by atoms with Gasteiger partial charge in [-0.15, -0.1) is 11.8 Å². The Hall–Kier alpha value is -1.69. The Morgan fingerprint density at radius 3 is 2.28 bits per heavy atom. The van der Waals surface area contributed by atoms with Crippen molar-refractivity contribution in [3.8, 4) is 0 Å². The Balaban J connectivity index is 2.16. The van der Waals surface area contributed by atoms with Gasteiger partial charge >= 0.3 is 0 Å². The normalized spacial score (nSPS) is 11.8. The first-order valence-electron chi connectivity index (χ1n) is 10.9. The summed E-state index contributed by atoms with van der Waals surface area (Å²) in [5, 5.41) is 3.83. The fourth-order valence-electron chi connectivity index (χ4n) is 3.61.